The van der Waals surface area contributed by atoms with Gasteiger partial charge in [-0.3, -0.25) is 4.79 Å². The third kappa shape index (κ3) is 4.57. The first-order valence-electron chi connectivity index (χ1n) is 8.38. The molecule has 1 fully saturated rings. The summed E-state index contributed by atoms with van der Waals surface area (Å²) in [5, 5.41) is 0. The molecule has 1 aliphatic heterocycles. The van der Waals surface area contributed by atoms with Crippen molar-refractivity contribution in [3.05, 3.63) is 35.9 Å². The molecule has 0 bridgehead atoms. The first-order valence-corrected chi connectivity index (χ1v) is 8.38. The van der Waals surface area contributed by atoms with Crippen LogP contribution < -0.4 is 0 Å². The molecule has 23 heavy (non-hydrogen) atoms. The molecule has 1 aromatic carbocycles. The van der Waals surface area contributed by atoms with Gasteiger partial charge in [0, 0.05) is 24.1 Å². The van der Waals surface area contributed by atoms with Gasteiger partial charge in [-0.15, -0.1) is 0 Å². The summed E-state index contributed by atoms with van der Waals surface area (Å²) in [6.07, 6.45) is 2.53. The van der Waals surface area contributed by atoms with Crippen molar-refractivity contribution in [2.24, 2.45) is 5.92 Å². The molecule has 0 unspecified atom stereocenters. The number of ether oxygens (including phenoxy) is 1. The van der Waals surface area contributed by atoms with Crippen LogP contribution >= 0.6 is 0 Å². The van der Waals surface area contributed by atoms with Crippen LogP contribution in [0.25, 0.3) is 0 Å². The number of nitrogens with zero attached hydrogens (tertiary/aromatic N) is 1. The minimum atomic E-state index is -0.522. The lowest BCUT2D eigenvalue weighted by atomic mass is 9.86. The van der Waals surface area contributed by atoms with Crippen molar-refractivity contribution in [3.8, 4) is 0 Å². The second kappa shape index (κ2) is 7.16. The Balaban J connectivity index is 2.14. The Kier molecular flexibility index (Phi) is 5.45. The highest BCUT2D eigenvalue weighted by Gasteiger charge is 2.36. The fraction of sp³-hybridized carbons (Fsp3) is 0.579. The monoisotopic (exact) mass is 317 g/mol. The Morgan fingerprint density at radius 2 is 1.83 bits per heavy atom. The molecule has 0 aromatic heterocycles. The van der Waals surface area contributed by atoms with E-state index >= 15 is 0 Å². The highest BCUT2D eigenvalue weighted by Crippen LogP contribution is 2.27. The van der Waals surface area contributed by atoms with Crippen molar-refractivity contribution in [1.29, 1.82) is 0 Å². The topological polar surface area (TPSA) is 46.6 Å². The van der Waals surface area contributed by atoms with E-state index in [0.29, 0.717) is 12.1 Å². The fourth-order valence-corrected chi connectivity index (χ4v) is 3.06. The zero-order valence-corrected chi connectivity index (χ0v) is 14.5. The van der Waals surface area contributed by atoms with E-state index in [9.17, 15) is 9.59 Å². The number of carbonyl (C=O) groups excluding carboxylic acids is 2. The van der Waals surface area contributed by atoms with Gasteiger partial charge in [-0.2, -0.15) is 0 Å². The summed E-state index contributed by atoms with van der Waals surface area (Å²) in [6, 6.07) is 9.21. The lowest BCUT2D eigenvalue weighted by molar-refractivity contribution is 0.00381. The Bertz CT molecular complexity index is 547. The largest absolute Gasteiger partial charge is 0.444 e. The summed E-state index contributed by atoms with van der Waals surface area (Å²) >= 11 is 0. The van der Waals surface area contributed by atoms with Crippen LogP contribution in [0.4, 0.5) is 4.79 Å². The fourth-order valence-electron chi connectivity index (χ4n) is 3.06. The van der Waals surface area contributed by atoms with Crippen LogP contribution in [0.2, 0.25) is 0 Å². The van der Waals surface area contributed by atoms with Crippen molar-refractivity contribution < 1.29 is 14.3 Å². The number of ketones is 1. The molecule has 1 saturated heterocycles. The molecule has 1 aromatic rings. The molecule has 1 amide bonds. The van der Waals surface area contributed by atoms with Gasteiger partial charge < -0.3 is 9.64 Å². The summed E-state index contributed by atoms with van der Waals surface area (Å²) < 4.78 is 5.52. The van der Waals surface area contributed by atoms with Gasteiger partial charge in [0.1, 0.15) is 5.60 Å². The van der Waals surface area contributed by atoms with Crippen LogP contribution in [0.15, 0.2) is 30.3 Å². The smallest absolute Gasteiger partial charge is 0.410 e. The predicted molar refractivity (Wildman–Crippen MR) is 90.5 cm³/mol. The highest BCUT2D eigenvalue weighted by molar-refractivity contribution is 5.98. The maximum atomic E-state index is 12.7. The van der Waals surface area contributed by atoms with Crippen molar-refractivity contribution in [2.75, 3.05) is 6.54 Å². The van der Waals surface area contributed by atoms with E-state index in [2.05, 4.69) is 0 Å². The predicted octanol–water partition coefficient (Wildman–Crippen LogP) is 4.30. The molecular weight excluding hydrogens is 290 g/mol. The van der Waals surface area contributed by atoms with Crippen LogP contribution in [0, 0.1) is 5.92 Å². The third-order valence-corrected chi connectivity index (χ3v) is 4.23. The van der Waals surface area contributed by atoms with E-state index in [1.54, 1.807) is 4.90 Å². The second-order valence-electron chi connectivity index (χ2n) is 7.26. The van der Waals surface area contributed by atoms with E-state index in [0.717, 1.165) is 19.3 Å². The van der Waals surface area contributed by atoms with E-state index in [1.165, 1.54) is 0 Å². The number of Topliss-reactive ketones (excluding diaryl/α,β-unsaturated/α-hetero) is 1. The van der Waals surface area contributed by atoms with E-state index in [4.69, 9.17) is 4.74 Å². The SMILES string of the molecule is C[C@H](C(=O)c1ccccc1)[C@H]1CCCCN1C(=O)OC(C)(C)C. The third-order valence-electron chi connectivity index (χ3n) is 4.23. The summed E-state index contributed by atoms with van der Waals surface area (Å²) in [5.41, 5.74) is 0.181. The van der Waals surface area contributed by atoms with Gasteiger partial charge in [0.25, 0.3) is 0 Å². The minimum absolute atomic E-state index is 0.0889. The molecular formula is C19H27NO3. The number of benzene rings is 1. The number of hydrogen-bond acceptors (Lipinski definition) is 3. The molecule has 4 nitrogen and oxygen atoms in total. The minimum Gasteiger partial charge on any atom is -0.444 e. The highest BCUT2D eigenvalue weighted by atomic mass is 16.6. The number of likely N-dealkylation sites (tertiary alicyclic amines) is 1. The number of hydrogen-bond donors (Lipinski definition) is 0. The van der Waals surface area contributed by atoms with Crippen LogP contribution in [-0.4, -0.2) is 35.0 Å². The summed E-state index contributed by atoms with van der Waals surface area (Å²) in [4.78, 5) is 26.9. The Morgan fingerprint density at radius 3 is 2.43 bits per heavy atom. The zero-order chi connectivity index (χ0) is 17.0. The molecule has 0 spiro atoms. The zero-order valence-electron chi connectivity index (χ0n) is 14.5. The lowest BCUT2D eigenvalue weighted by Gasteiger charge is -2.39. The lowest BCUT2D eigenvalue weighted by Crippen LogP contribution is -2.50. The van der Waals surface area contributed by atoms with Gasteiger partial charge in [0.05, 0.1) is 0 Å². The normalized spacial score (nSPS) is 20.0. The maximum absolute atomic E-state index is 12.7. The van der Waals surface area contributed by atoms with Gasteiger partial charge in [-0.05, 0) is 40.0 Å². The molecule has 2 rings (SSSR count). The van der Waals surface area contributed by atoms with Crippen LogP contribution in [0.5, 0.6) is 0 Å². The van der Waals surface area contributed by atoms with Crippen LogP contribution in [-0.2, 0) is 4.74 Å². The van der Waals surface area contributed by atoms with E-state index < -0.39 is 5.60 Å². The molecule has 0 aliphatic carbocycles. The molecule has 2 atom stereocenters. The van der Waals surface area contributed by atoms with Gasteiger partial charge in [-0.25, -0.2) is 4.79 Å². The summed E-state index contributed by atoms with van der Waals surface area (Å²) in [7, 11) is 0. The molecule has 1 heterocycles. The summed E-state index contributed by atoms with van der Waals surface area (Å²) in [6.45, 7) is 8.17. The number of amides is 1. The molecule has 0 N–H and O–H groups in total. The Hall–Kier alpha value is -1.84. The molecule has 1 aliphatic rings. The first kappa shape index (κ1) is 17.5. The van der Waals surface area contributed by atoms with Crippen molar-refractivity contribution in [2.45, 2.75) is 58.6 Å². The van der Waals surface area contributed by atoms with Crippen molar-refractivity contribution in [3.63, 3.8) is 0 Å². The van der Waals surface area contributed by atoms with Gasteiger partial charge in [-0.1, -0.05) is 37.3 Å². The quantitative estimate of drug-likeness (QED) is 0.781. The van der Waals surface area contributed by atoms with Crippen LogP contribution in [0.3, 0.4) is 0 Å². The molecule has 0 saturated carbocycles. The average Bonchev–Trinajstić information content (AvgIpc) is 2.52. The van der Waals surface area contributed by atoms with Gasteiger partial charge in [0.2, 0.25) is 0 Å². The van der Waals surface area contributed by atoms with Crippen molar-refractivity contribution in [1.82, 2.24) is 4.90 Å². The number of piperidine rings is 1. The standard InChI is InChI=1S/C19H27NO3/c1-14(17(21)15-10-6-5-7-11-15)16-12-8-9-13-20(16)18(22)23-19(2,3)4/h5-7,10-11,14,16H,8-9,12-13H2,1-4H3/t14-,16+/m0/s1. The Morgan fingerprint density at radius 1 is 1.17 bits per heavy atom. The van der Waals surface area contributed by atoms with E-state index in [1.807, 2.05) is 58.0 Å². The second-order valence-corrected chi connectivity index (χ2v) is 7.26. The molecule has 4 heteroatoms. The van der Waals surface area contributed by atoms with Gasteiger partial charge in [0.15, 0.2) is 5.78 Å². The molecule has 0 radical (unpaired) electrons. The van der Waals surface area contributed by atoms with Gasteiger partial charge >= 0.3 is 6.09 Å². The Labute approximate surface area is 138 Å². The molecule has 126 valence electrons. The number of carbonyl (C=O) groups is 2. The van der Waals surface area contributed by atoms with E-state index in [-0.39, 0.29) is 23.8 Å². The maximum Gasteiger partial charge on any atom is 0.410 e. The van der Waals surface area contributed by atoms with Crippen LogP contribution in [0.1, 0.15) is 57.3 Å². The summed E-state index contributed by atoms with van der Waals surface area (Å²) in [5.74, 6) is -0.142. The number of rotatable bonds is 3. The van der Waals surface area contributed by atoms with Crippen molar-refractivity contribution >= 4 is 11.9 Å². The first-order chi connectivity index (χ1) is 10.8. The average molecular weight is 317 g/mol.